The normalized spacial score (nSPS) is 16.9. The summed E-state index contributed by atoms with van der Waals surface area (Å²) >= 11 is 0. The van der Waals surface area contributed by atoms with E-state index in [-0.39, 0.29) is 11.7 Å². The number of hydrogen-bond donors (Lipinski definition) is 1. The molecule has 192 valence electrons. The lowest BCUT2D eigenvalue weighted by Gasteiger charge is -2.35. The Morgan fingerprint density at radius 2 is 1.54 bits per heavy atom. The van der Waals surface area contributed by atoms with E-state index in [1.807, 2.05) is 30.3 Å². The molecule has 0 atom stereocenters. The maximum atomic E-state index is 13.2. The molecule has 2 aliphatic rings. The molecule has 6 heteroatoms. The number of pyridine rings is 1. The standard InChI is InChI=1S/C31H36N4O2/c36-29(25-9-3-1-4-10-25)26-11-7-12-27(23-26)31(37)33-28-13-8-17-32-30(28)35-21-15-24(16-22-35)14-20-34-18-5-2-6-19-34/h1,3-4,7-13,17,23-24H,2,5-6,14-16,18-22H2,(H,33,37). The van der Waals surface area contributed by atoms with Gasteiger partial charge in [0.05, 0.1) is 5.69 Å². The van der Waals surface area contributed by atoms with Crippen molar-refractivity contribution in [3.05, 3.63) is 89.6 Å². The van der Waals surface area contributed by atoms with Gasteiger partial charge in [0, 0.05) is 36.0 Å². The van der Waals surface area contributed by atoms with Gasteiger partial charge in [0.1, 0.15) is 0 Å². The van der Waals surface area contributed by atoms with Crippen LogP contribution < -0.4 is 10.2 Å². The third kappa shape index (κ3) is 6.44. The van der Waals surface area contributed by atoms with Gasteiger partial charge in [0.25, 0.3) is 5.91 Å². The van der Waals surface area contributed by atoms with E-state index in [1.54, 1.807) is 42.6 Å². The number of nitrogens with one attached hydrogen (secondary N) is 1. The fourth-order valence-corrected chi connectivity index (χ4v) is 5.48. The highest BCUT2D eigenvalue weighted by Crippen LogP contribution is 2.29. The fraction of sp³-hybridized carbons (Fsp3) is 0.387. The van der Waals surface area contributed by atoms with Crippen LogP contribution in [0.3, 0.4) is 0 Å². The van der Waals surface area contributed by atoms with Crippen LogP contribution >= 0.6 is 0 Å². The first kappa shape index (κ1) is 25.2. The minimum Gasteiger partial charge on any atom is -0.355 e. The molecule has 1 aromatic heterocycles. The lowest BCUT2D eigenvalue weighted by molar-refractivity contribution is 0.102. The summed E-state index contributed by atoms with van der Waals surface area (Å²) in [5, 5.41) is 3.05. The number of carbonyl (C=O) groups excluding carboxylic acids is 2. The molecule has 3 aromatic rings. The zero-order chi connectivity index (χ0) is 25.5. The highest BCUT2D eigenvalue weighted by Gasteiger charge is 2.23. The number of anilines is 2. The zero-order valence-electron chi connectivity index (χ0n) is 21.4. The van der Waals surface area contributed by atoms with Gasteiger partial charge in [-0.1, -0.05) is 48.9 Å². The minimum absolute atomic E-state index is 0.0968. The Bertz CT molecular complexity index is 1200. The Labute approximate surface area is 219 Å². The molecule has 0 saturated carbocycles. The van der Waals surface area contributed by atoms with E-state index in [0.29, 0.717) is 22.4 Å². The van der Waals surface area contributed by atoms with Gasteiger partial charge < -0.3 is 15.1 Å². The third-order valence-corrected chi connectivity index (χ3v) is 7.67. The van der Waals surface area contributed by atoms with Crippen LogP contribution in [0.5, 0.6) is 0 Å². The maximum Gasteiger partial charge on any atom is 0.255 e. The smallest absolute Gasteiger partial charge is 0.255 e. The summed E-state index contributed by atoms with van der Waals surface area (Å²) in [4.78, 5) is 35.6. The molecule has 0 bridgehead atoms. The predicted molar refractivity (Wildman–Crippen MR) is 148 cm³/mol. The fourth-order valence-electron chi connectivity index (χ4n) is 5.48. The molecule has 0 spiro atoms. The van der Waals surface area contributed by atoms with Crippen LogP contribution in [0.15, 0.2) is 72.9 Å². The minimum atomic E-state index is -0.242. The van der Waals surface area contributed by atoms with Crippen molar-refractivity contribution < 1.29 is 9.59 Å². The van der Waals surface area contributed by atoms with Crippen LogP contribution in [0.4, 0.5) is 11.5 Å². The molecule has 2 fully saturated rings. The van der Waals surface area contributed by atoms with Crippen molar-refractivity contribution in [2.24, 2.45) is 5.92 Å². The number of hydrogen-bond acceptors (Lipinski definition) is 5. The van der Waals surface area contributed by atoms with Crippen molar-refractivity contribution in [2.45, 2.75) is 38.5 Å². The molecule has 5 rings (SSSR count). The first-order valence-electron chi connectivity index (χ1n) is 13.6. The summed E-state index contributed by atoms with van der Waals surface area (Å²) in [5.74, 6) is 1.24. The summed E-state index contributed by atoms with van der Waals surface area (Å²) < 4.78 is 0. The SMILES string of the molecule is O=C(Nc1cccnc1N1CCC(CCN2CCCCC2)CC1)c1cccc(C(=O)c2ccccc2)c1. The van der Waals surface area contributed by atoms with Crippen LogP contribution in [-0.2, 0) is 0 Å². The highest BCUT2D eigenvalue weighted by molar-refractivity contribution is 6.11. The van der Waals surface area contributed by atoms with Crippen molar-refractivity contribution in [3.63, 3.8) is 0 Å². The number of piperidine rings is 2. The topological polar surface area (TPSA) is 65.5 Å². The molecule has 1 amide bonds. The summed E-state index contributed by atoms with van der Waals surface area (Å²) in [6.07, 6.45) is 9.45. The largest absolute Gasteiger partial charge is 0.355 e. The quantitative estimate of drug-likeness (QED) is 0.408. The number of ketones is 1. The lowest BCUT2D eigenvalue weighted by Crippen LogP contribution is -2.37. The van der Waals surface area contributed by atoms with Gasteiger partial charge >= 0.3 is 0 Å². The van der Waals surface area contributed by atoms with Crippen molar-refractivity contribution >= 4 is 23.2 Å². The van der Waals surface area contributed by atoms with E-state index in [9.17, 15) is 9.59 Å². The van der Waals surface area contributed by atoms with Gasteiger partial charge in [-0.05, 0) is 81.9 Å². The Balaban J connectivity index is 1.20. The second-order valence-electron chi connectivity index (χ2n) is 10.2. The second-order valence-corrected chi connectivity index (χ2v) is 10.2. The summed E-state index contributed by atoms with van der Waals surface area (Å²) in [5.41, 5.74) is 2.26. The van der Waals surface area contributed by atoms with Crippen LogP contribution in [0.25, 0.3) is 0 Å². The van der Waals surface area contributed by atoms with Crippen molar-refractivity contribution in [1.82, 2.24) is 9.88 Å². The Morgan fingerprint density at radius 3 is 2.32 bits per heavy atom. The van der Waals surface area contributed by atoms with E-state index in [0.717, 1.165) is 37.7 Å². The number of aromatic nitrogens is 1. The first-order valence-corrected chi connectivity index (χ1v) is 13.6. The van der Waals surface area contributed by atoms with Gasteiger partial charge in [-0.25, -0.2) is 4.98 Å². The van der Waals surface area contributed by atoms with E-state index in [2.05, 4.69) is 20.1 Å². The van der Waals surface area contributed by atoms with Crippen LogP contribution in [0.2, 0.25) is 0 Å². The monoisotopic (exact) mass is 496 g/mol. The molecule has 2 aromatic carbocycles. The molecule has 2 saturated heterocycles. The Morgan fingerprint density at radius 1 is 0.811 bits per heavy atom. The molecule has 0 aliphatic carbocycles. The van der Waals surface area contributed by atoms with Crippen molar-refractivity contribution in [2.75, 3.05) is 42.9 Å². The first-order chi connectivity index (χ1) is 18.2. The number of carbonyl (C=O) groups is 2. The van der Waals surface area contributed by atoms with Gasteiger partial charge in [-0.2, -0.15) is 0 Å². The number of benzene rings is 2. The lowest BCUT2D eigenvalue weighted by atomic mass is 9.93. The second kappa shape index (κ2) is 12.2. The molecule has 6 nitrogen and oxygen atoms in total. The van der Waals surface area contributed by atoms with E-state index in [4.69, 9.17) is 0 Å². The van der Waals surface area contributed by atoms with Gasteiger partial charge in [-0.15, -0.1) is 0 Å². The average Bonchev–Trinajstić information content (AvgIpc) is 2.97. The molecule has 3 heterocycles. The maximum absolute atomic E-state index is 13.2. The van der Waals surface area contributed by atoms with E-state index in [1.165, 1.54) is 45.3 Å². The number of likely N-dealkylation sites (tertiary alicyclic amines) is 1. The molecular weight excluding hydrogens is 460 g/mol. The Kier molecular flexibility index (Phi) is 8.26. The van der Waals surface area contributed by atoms with Crippen molar-refractivity contribution in [3.8, 4) is 0 Å². The number of nitrogens with zero attached hydrogens (tertiary/aromatic N) is 3. The third-order valence-electron chi connectivity index (χ3n) is 7.67. The van der Waals surface area contributed by atoms with E-state index < -0.39 is 0 Å². The molecule has 37 heavy (non-hydrogen) atoms. The highest BCUT2D eigenvalue weighted by atomic mass is 16.1. The predicted octanol–water partition coefficient (Wildman–Crippen LogP) is 5.66. The van der Waals surface area contributed by atoms with Crippen LogP contribution in [0.1, 0.15) is 64.8 Å². The van der Waals surface area contributed by atoms with Crippen LogP contribution in [-0.4, -0.2) is 54.3 Å². The summed E-state index contributed by atoms with van der Waals surface area (Å²) in [6.45, 7) is 5.65. The molecule has 2 aliphatic heterocycles. The average molecular weight is 497 g/mol. The van der Waals surface area contributed by atoms with Gasteiger partial charge in [-0.3, -0.25) is 9.59 Å². The summed E-state index contributed by atoms with van der Waals surface area (Å²) in [6, 6.07) is 19.8. The molecule has 1 N–H and O–H groups in total. The molecule has 0 unspecified atom stereocenters. The zero-order valence-corrected chi connectivity index (χ0v) is 21.4. The Hall–Kier alpha value is -3.51. The number of amides is 1. The van der Waals surface area contributed by atoms with Gasteiger partial charge in [0.2, 0.25) is 0 Å². The van der Waals surface area contributed by atoms with Crippen molar-refractivity contribution in [1.29, 1.82) is 0 Å². The van der Waals surface area contributed by atoms with E-state index >= 15 is 0 Å². The number of rotatable bonds is 8. The summed E-state index contributed by atoms with van der Waals surface area (Å²) in [7, 11) is 0. The molecular formula is C31H36N4O2. The molecule has 0 radical (unpaired) electrons. The van der Waals surface area contributed by atoms with Gasteiger partial charge in [0.15, 0.2) is 11.6 Å². The van der Waals surface area contributed by atoms with Crippen LogP contribution in [0, 0.1) is 5.92 Å².